The molecule has 10 nitrogen and oxygen atoms in total. The van der Waals surface area contributed by atoms with Gasteiger partial charge in [0.1, 0.15) is 12.4 Å². The SMILES string of the molecule is CS.[3H]c1c2c(nc3ccc(OC(=O)N4CCC(N5CCCCC5)CC4)cc13)-c1cc3c(c(=O)n1C2)COC(=O)[C@@]3(C)O. The summed E-state index contributed by atoms with van der Waals surface area (Å²) >= 11 is 3.53. The molecular formula is C31H36N4O6S. The lowest BCUT2D eigenvalue weighted by Gasteiger charge is -2.39. The highest BCUT2D eigenvalue weighted by Gasteiger charge is 2.43. The fraction of sp³-hybridized carbons (Fsp3) is 0.484. The van der Waals surface area contributed by atoms with E-state index >= 15 is 0 Å². The maximum Gasteiger partial charge on any atom is 0.415 e. The van der Waals surface area contributed by atoms with Gasteiger partial charge in [-0.05, 0) is 82.3 Å². The van der Waals surface area contributed by atoms with Crippen molar-refractivity contribution in [1.82, 2.24) is 19.4 Å². The molecule has 0 unspecified atom stereocenters. The number of ether oxygens (including phenoxy) is 2. The van der Waals surface area contributed by atoms with Crippen LogP contribution >= 0.6 is 12.6 Å². The minimum atomic E-state index is -1.95. The number of rotatable bonds is 2. The lowest BCUT2D eigenvalue weighted by atomic mass is 9.90. The molecule has 4 aliphatic heterocycles. The van der Waals surface area contributed by atoms with Gasteiger partial charge in [0, 0.05) is 35.6 Å². The van der Waals surface area contributed by atoms with Crippen LogP contribution in [0.3, 0.4) is 0 Å². The molecule has 0 bridgehead atoms. The van der Waals surface area contributed by atoms with E-state index in [1.807, 2.05) is 0 Å². The molecule has 6 heterocycles. The minimum absolute atomic E-state index is 0.130. The number of fused-ring (bicyclic) bond motifs is 5. The smallest absolute Gasteiger partial charge is 0.415 e. The standard InChI is InChI=1S/C30H32N4O6.CH4S/c1-30(38)23-15-25-26-19(16-34(25)27(35)22(23)17-39-28(30)36)13-18-14-21(5-6-24(18)31-26)40-29(37)33-11-7-20(8-12-33)32-9-3-2-4-10-32;1-2/h5-6,13-15,20,38H,2-4,7-12,16-17H2,1H3;2H,1H3/t30-;/m0./s1/i13T;. The number of nitrogens with zero attached hydrogens (tertiary/aromatic N) is 4. The number of benzene rings is 1. The fourth-order valence-electron chi connectivity index (χ4n) is 6.54. The third-order valence-electron chi connectivity index (χ3n) is 8.84. The molecule has 0 saturated carbocycles. The van der Waals surface area contributed by atoms with Crippen LogP contribution in [0.15, 0.2) is 35.1 Å². The van der Waals surface area contributed by atoms with Gasteiger partial charge in [-0.2, -0.15) is 12.6 Å². The van der Waals surface area contributed by atoms with Gasteiger partial charge in [-0.3, -0.25) is 4.79 Å². The van der Waals surface area contributed by atoms with Crippen LogP contribution in [0.25, 0.3) is 22.3 Å². The summed E-state index contributed by atoms with van der Waals surface area (Å²) in [5.41, 5.74) is 0.0481. The van der Waals surface area contributed by atoms with E-state index in [-0.39, 0.29) is 35.9 Å². The number of likely N-dealkylation sites (tertiary alicyclic amines) is 2. The van der Waals surface area contributed by atoms with Crippen LogP contribution < -0.4 is 10.3 Å². The van der Waals surface area contributed by atoms with Gasteiger partial charge in [0.15, 0.2) is 5.60 Å². The van der Waals surface area contributed by atoms with Crippen molar-refractivity contribution in [2.24, 2.45) is 0 Å². The van der Waals surface area contributed by atoms with E-state index < -0.39 is 17.7 Å². The Bertz CT molecular complexity index is 1660. The van der Waals surface area contributed by atoms with Crippen molar-refractivity contribution in [1.29, 1.82) is 0 Å². The van der Waals surface area contributed by atoms with Crippen molar-refractivity contribution >= 4 is 35.6 Å². The predicted octanol–water partition coefficient (Wildman–Crippen LogP) is 3.68. The number of aliphatic hydroxyl groups is 1. The van der Waals surface area contributed by atoms with Crippen LogP contribution in [-0.2, 0) is 28.3 Å². The van der Waals surface area contributed by atoms with E-state index in [0.717, 1.165) is 25.9 Å². The van der Waals surface area contributed by atoms with E-state index in [1.165, 1.54) is 30.8 Å². The van der Waals surface area contributed by atoms with Crippen molar-refractivity contribution in [3.63, 3.8) is 0 Å². The van der Waals surface area contributed by atoms with Crippen LogP contribution in [0, 0.1) is 0 Å². The second-order valence-corrected chi connectivity index (χ2v) is 11.4. The Labute approximate surface area is 251 Å². The molecular weight excluding hydrogens is 556 g/mol. The highest BCUT2D eigenvalue weighted by Crippen LogP contribution is 2.37. The average molecular weight is 595 g/mol. The topological polar surface area (TPSA) is 114 Å². The molecule has 2 aromatic heterocycles. The number of amides is 1. The van der Waals surface area contributed by atoms with E-state index in [4.69, 9.17) is 15.8 Å². The predicted molar refractivity (Wildman–Crippen MR) is 161 cm³/mol. The summed E-state index contributed by atoms with van der Waals surface area (Å²) in [6, 6.07) is 7.33. The maximum absolute atomic E-state index is 13.3. The first kappa shape index (κ1) is 27.4. The van der Waals surface area contributed by atoms with Crippen molar-refractivity contribution in [2.45, 2.75) is 63.8 Å². The summed E-state index contributed by atoms with van der Waals surface area (Å²) in [5.74, 6) is -0.473. The van der Waals surface area contributed by atoms with Gasteiger partial charge in [0.05, 0.1) is 30.4 Å². The molecule has 1 N–H and O–H groups in total. The molecule has 2 fully saturated rings. The van der Waals surface area contributed by atoms with Crippen LogP contribution in [0.5, 0.6) is 5.75 Å². The Morgan fingerprint density at radius 2 is 1.88 bits per heavy atom. The monoisotopic (exact) mass is 594 g/mol. The Balaban J connectivity index is 0.00000161. The van der Waals surface area contributed by atoms with E-state index in [9.17, 15) is 19.5 Å². The minimum Gasteiger partial charge on any atom is -0.458 e. The van der Waals surface area contributed by atoms with Gasteiger partial charge >= 0.3 is 12.1 Å². The first-order valence-electron chi connectivity index (χ1n) is 15.0. The zero-order chi connectivity index (χ0) is 30.5. The lowest BCUT2D eigenvalue weighted by Crippen LogP contribution is -2.48. The summed E-state index contributed by atoms with van der Waals surface area (Å²) in [6.45, 7) is 4.84. The number of hydrogen-bond acceptors (Lipinski definition) is 9. The highest BCUT2D eigenvalue weighted by atomic mass is 32.1. The highest BCUT2D eigenvalue weighted by molar-refractivity contribution is 7.79. The molecule has 1 amide bonds. The van der Waals surface area contributed by atoms with Crippen molar-refractivity contribution in [3.8, 4) is 17.1 Å². The number of piperidine rings is 2. The molecule has 2 saturated heterocycles. The number of aromatic nitrogens is 2. The quantitative estimate of drug-likeness (QED) is 0.267. The normalized spacial score (nSPS) is 22.3. The maximum atomic E-state index is 13.3. The first-order valence-corrected chi connectivity index (χ1v) is 15.4. The summed E-state index contributed by atoms with van der Waals surface area (Å²) < 4.78 is 21.2. The molecule has 3 aromatic rings. The van der Waals surface area contributed by atoms with Gasteiger partial charge in [-0.15, -0.1) is 0 Å². The number of esters is 1. The largest absolute Gasteiger partial charge is 0.458 e. The van der Waals surface area contributed by atoms with E-state index in [1.54, 1.807) is 35.4 Å². The molecule has 7 rings (SSSR count). The summed E-state index contributed by atoms with van der Waals surface area (Å²) in [6.07, 6.45) is 7.00. The molecule has 0 spiro atoms. The molecule has 0 radical (unpaired) electrons. The number of cyclic esters (lactones) is 1. The molecule has 42 heavy (non-hydrogen) atoms. The van der Waals surface area contributed by atoms with Gasteiger partial charge in [-0.1, -0.05) is 6.42 Å². The van der Waals surface area contributed by atoms with Crippen molar-refractivity contribution in [3.05, 3.63) is 57.4 Å². The van der Waals surface area contributed by atoms with Gasteiger partial charge < -0.3 is 28.9 Å². The molecule has 222 valence electrons. The van der Waals surface area contributed by atoms with Crippen LogP contribution in [0.4, 0.5) is 4.79 Å². The lowest BCUT2D eigenvalue weighted by molar-refractivity contribution is -0.169. The molecule has 0 aliphatic carbocycles. The first-order chi connectivity index (χ1) is 20.7. The second kappa shape index (κ2) is 11.3. The molecule has 1 atom stereocenters. The Morgan fingerprint density at radius 1 is 1.14 bits per heavy atom. The van der Waals surface area contributed by atoms with Crippen molar-refractivity contribution < 1.29 is 25.5 Å². The van der Waals surface area contributed by atoms with E-state index in [0.29, 0.717) is 52.7 Å². The third kappa shape index (κ3) is 4.97. The number of thiol groups is 1. The van der Waals surface area contributed by atoms with Crippen LogP contribution in [0.2, 0.25) is 0 Å². The van der Waals surface area contributed by atoms with Gasteiger partial charge in [-0.25, -0.2) is 14.6 Å². The number of carbonyl (C=O) groups excluding carboxylic acids is 2. The van der Waals surface area contributed by atoms with Crippen LogP contribution in [-0.4, -0.2) is 75.0 Å². The zero-order valence-electron chi connectivity index (χ0n) is 24.9. The molecule has 4 aliphatic rings. The number of pyridine rings is 2. The molecule has 1 aromatic carbocycles. The fourth-order valence-corrected chi connectivity index (χ4v) is 6.54. The summed E-state index contributed by atoms with van der Waals surface area (Å²) in [5, 5.41) is 11.3. The second-order valence-electron chi connectivity index (χ2n) is 11.4. The summed E-state index contributed by atoms with van der Waals surface area (Å²) in [7, 11) is 0. The average Bonchev–Trinajstić information content (AvgIpc) is 3.40. The zero-order valence-corrected chi connectivity index (χ0v) is 24.8. The Morgan fingerprint density at radius 3 is 2.62 bits per heavy atom. The number of carbonyl (C=O) groups is 2. The van der Waals surface area contributed by atoms with Gasteiger partial charge in [0.25, 0.3) is 5.56 Å². The molecule has 11 heteroatoms. The Hall–Kier alpha value is -3.41. The van der Waals surface area contributed by atoms with Gasteiger partial charge in [0.2, 0.25) is 0 Å². The van der Waals surface area contributed by atoms with E-state index in [2.05, 4.69) is 17.5 Å². The third-order valence-corrected chi connectivity index (χ3v) is 8.84. The number of hydrogen-bond donors (Lipinski definition) is 2. The Kier molecular flexibility index (Phi) is 7.41. The van der Waals surface area contributed by atoms with Crippen LogP contribution in [0.1, 0.15) is 57.1 Å². The van der Waals surface area contributed by atoms with Crippen molar-refractivity contribution in [2.75, 3.05) is 32.4 Å². The summed E-state index contributed by atoms with van der Waals surface area (Å²) in [4.78, 5) is 47.5.